The maximum atomic E-state index is 12.1. The van der Waals surface area contributed by atoms with Crippen molar-refractivity contribution in [3.05, 3.63) is 0 Å². The van der Waals surface area contributed by atoms with Crippen LogP contribution in [0.15, 0.2) is 0 Å². The van der Waals surface area contributed by atoms with Crippen LogP contribution in [0.1, 0.15) is 46.5 Å². The fourth-order valence-corrected chi connectivity index (χ4v) is 3.33. The zero-order valence-electron chi connectivity index (χ0n) is 12.6. The van der Waals surface area contributed by atoms with Crippen LogP contribution in [-0.2, 0) is 9.53 Å². The van der Waals surface area contributed by atoms with Gasteiger partial charge in [-0.25, -0.2) is 4.79 Å². The summed E-state index contributed by atoms with van der Waals surface area (Å²) in [7, 11) is 0. The number of hydrogen-bond acceptors (Lipinski definition) is 3. The molecule has 2 rings (SSSR count). The summed E-state index contributed by atoms with van der Waals surface area (Å²) in [5.41, 5.74) is -0.463. The number of carbonyl (C=O) groups excluding carboxylic acids is 1. The fraction of sp³-hybridized carbons (Fsp3) is 0.867. The van der Waals surface area contributed by atoms with E-state index >= 15 is 0 Å². The highest BCUT2D eigenvalue weighted by Gasteiger charge is 2.39. The molecule has 1 aliphatic carbocycles. The number of rotatable bonds is 1. The van der Waals surface area contributed by atoms with Gasteiger partial charge in [-0.1, -0.05) is 0 Å². The molecule has 1 aliphatic heterocycles. The maximum absolute atomic E-state index is 12.1. The third-order valence-electron chi connectivity index (χ3n) is 4.37. The molecule has 1 saturated carbocycles. The number of hydrogen-bond donors (Lipinski definition) is 1. The van der Waals surface area contributed by atoms with E-state index in [9.17, 15) is 9.59 Å². The molecule has 1 saturated heterocycles. The molecule has 1 N–H and O–H groups in total. The molecule has 1 heterocycles. The number of ether oxygens (including phenoxy) is 1. The van der Waals surface area contributed by atoms with Gasteiger partial charge in [-0.2, -0.15) is 0 Å². The molecule has 0 aromatic rings. The van der Waals surface area contributed by atoms with Crippen molar-refractivity contribution in [2.45, 2.75) is 52.1 Å². The minimum absolute atomic E-state index is 0.190. The van der Waals surface area contributed by atoms with E-state index in [0.29, 0.717) is 24.9 Å². The fourth-order valence-electron chi connectivity index (χ4n) is 3.33. The van der Waals surface area contributed by atoms with Gasteiger partial charge < -0.3 is 14.7 Å². The summed E-state index contributed by atoms with van der Waals surface area (Å²) >= 11 is 0. The van der Waals surface area contributed by atoms with Gasteiger partial charge in [0.2, 0.25) is 0 Å². The van der Waals surface area contributed by atoms with Crippen LogP contribution >= 0.6 is 0 Å². The quantitative estimate of drug-likeness (QED) is 0.803. The van der Waals surface area contributed by atoms with Crippen LogP contribution in [0, 0.1) is 17.8 Å². The molecule has 2 aliphatic rings. The summed E-state index contributed by atoms with van der Waals surface area (Å²) in [4.78, 5) is 24.9. The Morgan fingerprint density at radius 1 is 1.15 bits per heavy atom. The van der Waals surface area contributed by atoms with E-state index in [0.717, 1.165) is 25.7 Å². The predicted octanol–water partition coefficient (Wildman–Crippen LogP) is 2.74. The highest BCUT2D eigenvalue weighted by molar-refractivity contribution is 5.70. The van der Waals surface area contributed by atoms with E-state index in [4.69, 9.17) is 9.84 Å². The number of likely N-dealkylation sites (tertiary alicyclic amines) is 1. The zero-order chi connectivity index (χ0) is 14.9. The number of carboxylic acids is 1. The number of carbonyl (C=O) groups is 2. The van der Waals surface area contributed by atoms with Crippen LogP contribution in [-0.4, -0.2) is 40.8 Å². The molecule has 0 radical (unpaired) electrons. The van der Waals surface area contributed by atoms with Crippen molar-refractivity contribution < 1.29 is 19.4 Å². The van der Waals surface area contributed by atoms with Crippen LogP contribution in [0.25, 0.3) is 0 Å². The number of amides is 1. The molecule has 0 spiro atoms. The van der Waals surface area contributed by atoms with Gasteiger partial charge in [0, 0.05) is 13.1 Å². The van der Waals surface area contributed by atoms with Gasteiger partial charge in [-0.05, 0) is 58.3 Å². The Labute approximate surface area is 120 Å². The molecular weight excluding hydrogens is 258 g/mol. The summed E-state index contributed by atoms with van der Waals surface area (Å²) in [5.74, 6) is 0.0257. The first-order valence-corrected chi connectivity index (χ1v) is 7.47. The van der Waals surface area contributed by atoms with Gasteiger partial charge in [-0.3, -0.25) is 4.79 Å². The summed E-state index contributed by atoms with van der Waals surface area (Å²) in [5, 5.41) is 9.11. The average molecular weight is 283 g/mol. The van der Waals surface area contributed by atoms with Crippen molar-refractivity contribution in [1.29, 1.82) is 0 Å². The Kier molecular flexibility index (Phi) is 4.25. The van der Waals surface area contributed by atoms with Gasteiger partial charge in [0.05, 0.1) is 5.92 Å². The Hall–Kier alpha value is -1.26. The van der Waals surface area contributed by atoms with Crippen LogP contribution < -0.4 is 0 Å². The Balaban J connectivity index is 1.90. The second-order valence-corrected chi connectivity index (χ2v) is 7.08. The number of piperidine rings is 1. The van der Waals surface area contributed by atoms with Crippen LogP contribution in [0.4, 0.5) is 4.79 Å². The van der Waals surface area contributed by atoms with Crippen molar-refractivity contribution in [2.75, 3.05) is 13.1 Å². The number of aliphatic carboxylic acids is 1. The number of fused-ring (bicyclic) bond motifs is 1. The predicted molar refractivity (Wildman–Crippen MR) is 74.4 cm³/mol. The molecule has 0 aromatic heterocycles. The highest BCUT2D eigenvalue weighted by Crippen LogP contribution is 2.39. The first-order chi connectivity index (χ1) is 9.26. The van der Waals surface area contributed by atoms with Crippen molar-refractivity contribution in [3.8, 4) is 0 Å². The van der Waals surface area contributed by atoms with E-state index in [1.807, 2.05) is 20.8 Å². The summed E-state index contributed by atoms with van der Waals surface area (Å²) in [6, 6.07) is 0. The lowest BCUT2D eigenvalue weighted by molar-refractivity contribution is -0.144. The van der Waals surface area contributed by atoms with Gasteiger partial charge in [-0.15, -0.1) is 0 Å². The van der Waals surface area contributed by atoms with Crippen molar-refractivity contribution >= 4 is 12.1 Å². The molecule has 2 fully saturated rings. The van der Waals surface area contributed by atoms with Crippen molar-refractivity contribution in [2.24, 2.45) is 17.8 Å². The molecule has 1 amide bonds. The SMILES string of the molecule is CC(C)(C)OC(=O)N1CC[C@H]2C[C@@H](C(=O)O)CC[C@@H]2C1. The minimum atomic E-state index is -0.668. The van der Waals surface area contributed by atoms with Crippen molar-refractivity contribution in [3.63, 3.8) is 0 Å². The monoisotopic (exact) mass is 283 g/mol. The van der Waals surface area contributed by atoms with E-state index in [1.54, 1.807) is 4.90 Å². The van der Waals surface area contributed by atoms with Gasteiger partial charge in [0.25, 0.3) is 0 Å². The summed E-state index contributed by atoms with van der Waals surface area (Å²) < 4.78 is 5.41. The van der Waals surface area contributed by atoms with Crippen LogP contribution in [0.3, 0.4) is 0 Å². The number of nitrogens with zero attached hydrogens (tertiary/aromatic N) is 1. The van der Waals surface area contributed by atoms with Crippen molar-refractivity contribution in [1.82, 2.24) is 4.90 Å². The lowest BCUT2D eigenvalue weighted by Crippen LogP contribution is -2.47. The van der Waals surface area contributed by atoms with E-state index in [-0.39, 0.29) is 12.0 Å². The molecule has 0 unspecified atom stereocenters. The van der Waals surface area contributed by atoms with Gasteiger partial charge in [0.15, 0.2) is 0 Å². The van der Waals surface area contributed by atoms with Gasteiger partial charge >= 0.3 is 12.1 Å². The molecule has 114 valence electrons. The van der Waals surface area contributed by atoms with E-state index in [1.165, 1.54) is 0 Å². The third-order valence-corrected chi connectivity index (χ3v) is 4.37. The molecular formula is C15H25NO4. The smallest absolute Gasteiger partial charge is 0.410 e. The van der Waals surface area contributed by atoms with Crippen LogP contribution in [0.5, 0.6) is 0 Å². The maximum Gasteiger partial charge on any atom is 0.410 e. The second kappa shape index (κ2) is 5.62. The highest BCUT2D eigenvalue weighted by atomic mass is 16.6. The van der Waals surface area contributed by atoms with E-state index < -0.39 is 11.6 Å². The lowest BCUT2D eigenvalue weighted by atomic mass is 9.71. The normalized spacial score (nSPS) is 30.6. The standard InChI is InChI=1S/C15H25NO4/c1-15(2,3)20-14(19)16-7-6-10-8-11(13(17)18)4-5-12(10)9-16/h10-12H,4-9H2,1-3H3,(H,17,18)/t10-,11-,12+/m0/s1. The third kappa shape index (κ3) is 3.64. The molecule has 5 heteroatoms. The topological polar surface area (TPSA) is 66.8 Å². The summed E-state index contributed by atoms with van der Waals surface area (Å²) in [6.45, 7) is 7.01. The largest absolute Gasteiger partial charge is 0.481 e. The number of carboxylic acid groups (broad SMARTS) is 1. The second-order valence-electron chi connectivity index (χ2n) is 7.08. The molecule has 0 aromatic carbocycles. The average Bonchev–Trinajstić information content (AvgIpc) is 2.35. The van der Waals surface area contributed by atoms with Crippen LogP contribution in [0.2, 0.25) is 0 Å². The zero-order valence-corrected chi connectivity index (χ0v) is 12.6. The molecule has 3 atom stereocenters. The molecule has 20 heavy (non-hydrogen) atoms. The Bertz CT molecular complexity index is 388. The van der Waals surface area contributed by atoms with E-state index in [2.05, 4.69) is 0 Å². The Morgan fingerprint density at radius 3 is 2.45 bits per heavy atom. The van der Waals surface area contributed by atoms with Gasteiger partial charge in [0.1, 0.15) is 5.60 Å². The minimum Gasteiger partial charge on any atom is -0.481 e. The lowest BCUT2D eigenvalue weighted by Gasteiger charge is -2.42. The first kappa shape index (κ1) is 15.1. The molecule has 0 bridgehead atoms. The first-order valence-electron chi connectivity index (χ1n) is 7.47. The molecule has 5 nitrogen and oxygen atoms in total. The summed E-state index contributed by atoms with van der Waals surface area (Å²) in [6.07, 6.45) is 3.06. The Morgan fingerprint density at radius 2 is 1.85 bits per heavy atom.